The molecule has 0 unspecified atom stereocenters. The molecule has 0 aliphatic heterocycles. The molecule has 0 aliphatic rings. The van der Waals surface area contributed by atoms with Gasteiger partial charge in [-0.2, -0.15) is 0 Å². The van der Waals surface area contributed by atoms with Gasteiger partial charge < -0.3 is 9.47 Å². The van der Waals surface area contributed by atoms with E-state index in [0.29, 0.717) is 11.3 Å². The highest BCUT2D eigenvalue weighted by atomic mass is 127. The van der Waals surface area contributed by atoms with Crippen LogP contribution < -0.4 is 9.47 Å². The second kappa shape index (κ2) is 6.88. The first-order valence-corrected chi connectivity index (χ1v) is 8.70. The van der Waals surface area contributed by atoms with E-state index in [1.54, 1.807) is 31.4 Å². The second-order valence-corrected chi connectivity index (χ2v) is 6.85. The van der Waals surface area contributed by atoms with E-state index in [1.165, 1.54) is 0 Å². The minimum Gasteiger partial charge on any atom is -0.496 e. The third kappa shape index (κ3) is 3.35. The third-order valence-electron chi connectivity index (χ3n) is 3.42. The normalized spacial score (nSPS) is 10.6. The Balaban J connectivity index is 1.95. The van der Waals surface area contributed by atoms with Gasteiger partial charge in [-0.25, -0.2) is 4.79 Å². The van der Waals surface area contributed by atoms with Gasteiger partial charge in [-0.05, 0) is 58.3 Å². The van der Waals surface area contributed by atoms with Crippen molar-refractivity contribution < 1.29 is 14.3 Å². The average Bonchev–Trinajstić information content (AvgIpc) is 2.57. The van der Waals surface area contributed by atoms with Gasteiger partial charge in [0, 0.05) is 9.86 Å². The van der Waals surface area contributed by atoms with Gasteiger partial charge in [-0.3, -0.25) is 0 Å². The van der Waals surface area contributed by atoms with E-state index in [-0.39, 0.29) is 0 Å². The predicted molar refractivity (Wildman–Crippen MR) is 102 cm³/mol. The lowest BCUT2D eigenvalue weighted by atomic mass is 10.1. The summed E-state index contributed by atoms with van der Waals surface area (Å²) in [6.07, 6.45) is 0. The number of fused-ring (bicyclic) bond motifs is 1. The van der Waals surface area contributed by atoms with E-state index >= 15 is 0 Å². The maximum absolute atomic E-state index is 12.4. The first-order chi connectivity index (χ1) is 11.1. The quantitative estimate of drug-likeness (QED) is 0.283. The summed E-state index contributed by atoms with van der Waals surface area (Å²) < 4.78 is 12.6. The van der Waals surface area contributed by atoms with Gasteiger partial charge in [0.2, 0.25) is 0 Å². The lowest BCUT2D eigenvalue weighted by Crippen LogP contribution is -2.09. The molecule has 0 saturated carbocycles. The van der Waals surface area contributed by atoms with Crippen LogP contribution in [-0.4, -0.2) is 13.1 Å². The van der Waals surface area contributed by atoms with E-state index in [1.807, 2.05) is 30.3 Å². The number of hydrogen-bond donors (Lipinski definition) is 0. The Morgan fingerprint density at radius 3 is 2.39 bits per heavy atom. The minimum absolute atomic E-state index is 0.391. The Kier molecular flexibility index (Phi) is 4.87. The highest BCUT2D eigenvalue weighted by molar-refractivity contribution is 14.1. The van der Waals surface area contributed by atoms with Gasteiger partial charge in [0.05, 0.1) is 16.2 Å². The van der Waals surface area contributed by atoms with Gasteiger partial charge in [-0.1, -0.05) is 40.2 Å². The molecule has 0 radical (unpaired) electrons. The van der Waals surface area contributed by atoms with Crippen molar-refractivity contribution in [1.82, 2.24) is 0 Å². The molecule has 3 nitrogen and oxygen atoms in total. The fraction of sp³-hybridized carbons (Fsp3) is 0.0556. The minimum atomic E-state index is -0.391. The van der Waals surface area contributed by atoms with Crippen molar-refractivity contribution in [2.75, 3.05) is 7.11 Å². The summed E-state index contributed by atoms with van der Waals surface area (Å²) in [6, 6.07) is 16.7. The molecule has 0 spiro atoms. The largest absolute Gasteiger partial charge is 0.496 e. The monoisotopic (exact) mass is 482 g/mol. The molecular weight excluding hydrogens is 471 g/mol. The number of esters is 1. The fourth-order valence-corrected chi connectivity index (χ4v) is 3.49. The highest BCUT2D eigenvalue weighted by Crippen LogP contribution is 2.32. The zero-order valence-electron chi connectivity index (χ0n) is 12.2. The van der Waals surface area contributed by atoms with E-state index < -0.39 is 5.97 Å². The van der Waals surface area contributed by atoms with Crippen LogP contribution in [0.5, 0.6) is 11.5 Å². The van der Waals surface area contributed by atoms with E-state index in [4.69, 9.17) is 9.47 Å². The Labute approximate surface area is 155 Å². The van der Waals surface area contributed by atoms with Crippen molar-refractivity contribution in [3.8, 4) is 11.5 Å². The zero-order valence-corrected chi connectivity index (χ0v) is 15.9. The number of carbonyl (C=O) groups is 1. The summed E-state index contributed by atoms with van der Waals surface area (Å²) in [7, 11) is 1.60. The van der Waals surface area contributed by atoms with Crippen molar-refractivity contribution in [3.63, 3.8) is 0 Å². The van der Waals surface area contributed by atoms with Gasteiger partial charge >= 0.3 is 5.97 Å². The Hall–Kier alpha value is -1.60. The predicted octanol–water partition coefficient (Wildman–Crippen LogP) is 5.43. The third-order valence-corrected chi connectivity index (χ3v) is 4.96. The Morgan fingerprint density at radius 2 is 1.70 bits per heavy atom. The number of methoxy groups -OCH3 is 1. The van der Waals surface area contributed by atoms with Crippen LogP contribution in [0.4, 0.5) is 0 Å². The van der Waals surface area contributed by atoms with Crippen molar-refractivity contribution in [2.45, 2.75) is 0 Å². The number of hydrogen-bond acceptors (Lipinski definition) is 3. The van der Waals surface area contributed by atoms with Gasteiger partial charge in [-0.15, -0.1) is 0 Å². The topological polar surface area (TPSA) is 35.5 Å². The molecule has 3 aromatic carbocycles. The van der Waals surface area contributed by atoms with Crippen molar-refractivity contribution in [2.24, 2.45) is 0 Å². The first-order valence-electron chi connectivity index (χ1n) is 6.83. The van der Waals surface area contributed by atoms with Crippen molar-refractivity contribution >= 4 is 55.3 Å². The highest BCUT2D eigenvalue weighted by Gasteiger charge is 2.13. The number of rotatable bonds is 3. The number of halogens is 2. The molecule has 5 heteroatoms. The summed E-state index contributed by atoms with van der Waals surface area (Å²) >= 11 is 5.64. The van der Waals surface area contributed by atoms with Gasteiger partial charge in [0.1, 0.15) is 11.5 Å². The molecule has 0 bridgehead atoms. The first kappa shape index (κ1) is 16.3. The summed E-state index contributed by atoms with van der Waals surface area (Å²) in [6.45, 7) is 0. The lowest BCUT2D eigenvalue weighted by Gasteiger charge is -2.10. The number of ether oxygens (including phenoxy) is 2. The van der Waals surface area contributed by atoms with Crippen molar-refractivity contribution in [3.05, 3.63) is 68.2 Å². The molecule has 116 valence electrons. The maximum Gasteiger partial charge on any atom is 0.343 e. The molecule has 3 aromatic rings. The molecule has 0 heterocycles. The summed E-state index contributed by atoms with van der Waals surface area (Å²) in [5, 5.41) is 1.89. The SMILES string of the molecule is COc1ccc(C(=O)Oc2ccc(Br)c3ccccc23)cc1I. The van der Waals surface area contributed by atoms with Crippen LogP contribution >= 0.6 is 38.5 Å². The van der Waals surface area contributed by atoms with Gasteiger partial charge in [0.25, 0.3) is 0 Å². The molecule has 0 fully saturated rings. The van der Waals surface area contributed by atoms with Crippen molar-refractivity contribution in [1.29, 1.82) is 0 Å². The molecule has 0 N–H and O–H groups in total. The summed E-state index contributed by atoms with van der Waals surface area (Å²) in [5.41, 5.74) is 0.488. The molecule has 0 saturated heterocycles. The molecule has 0 amide bonds. The molecule has 23 heavy (non-hydrogen) atoms. The molecule has 0 aliphatic carbocycles. The molecular formula is C18H12BrIO3. The average molecular weight is 483 g/mol. The Morgan fingerprint density at radius 1 is 1.00 bits per heavy atom. The smallest absolute Gasteiger partial charge is 0.343 e. The zero-order chi connectivity index (χ0) is 16.4. The second-order valence-electron chi connectivity index (χ2n) is 4.83. The van der Waals surface area contributed by atoms with E-state index in [0.717, 1.165) is 24.6 Å². The lowest BCUT2D eigenvalue weighted by molar-refractivity contribution is 0.0737. The van der Waals surface area contributed by atoms with Crippen LogP contribution in [0.1, 0.15) is 10.4 Å². The molecule has 3 rings (SSSR count). The summed E-state index contributed by atoms with van der Waals surface area (Å²) in [4.78, 5) is 12.4. The summed E-state index contributed by atoms with van der Waals surface area (Å²) in [5.74, 6) is 0.883. The van der Waals surface area contributed by atoms with Crippen LogP contribution in [0.25, 0.3) is 10.8 Å². The molecule has 0 atom stereocenters. The van der Waals surface area contributed by atoms with Crippen LogP contribution in [-0.2, 0) is 0 Å². The van der Waals surface area contributed by atoms with Crippen LogP contribution in [0, 0.1) is 3.57 Å². The Bertz CT molecular complexity index is 893. The number of carbonyl (C=O) groups excluding carboxylic acids is 1. The standard InChI is InChI=1S/C18H12BrIO3/c1-22-17-8-6-11(10-15(17)20)18(21)23-16-9-7-14(19)12-4-2-3-5-13(12)16/h2-10H,1H3. The van der Waals surface area contributed by atoms with Crippen LogP contribution in [0.15, 0.2) is 59.1 Å². The number of benzene rings is 3. The van der Waals surface area contributed by atoms with E-state index in [9.17, 15) is 4.79 Å². The van der Waals surface area contributed by atoms with Gasteiger partial charge in [0.15, 0.2) is 0 Å². The maximum atomic E-state index is 12.4. The molecule has 0 aromatic heterocycles. The van der Waals surface area contributed by atoms with Crippen LogP contribution in [0.3, 0.4) is 0 Å². The fourth-order valence-electron chi connectivity index (χ4n) is 2.28. The van der Waals surface area contributed by atoms with E-state index in [2.05, 4.69) is 38.5 Å². The van der Waals surface area contributed by atoms with Crippen LogP contribution in [0.2, 0.25) is 0 Å².